The first kappa shape index (κ1) is 21.6. The van der Waals surface area contributed by atoms with Crippen LogP contribution in [0.5, 0.6) is 0 Å². The van der Waals surface area contributed by atoms with E-state index in [0.29, 0.717) is 0 Å². The predicted molar refractivity (Wildman–Crippen MR) is 165 cm³/mol. The van der Waals surface area contributed by atoms with E-state index in [4.69, 9.17) is 9.40 Å². The molecule has 0 fully saturated rings. The van der Waals surface area contributed by atoms with Crippen molar-refractivity contribution in [1.29, 1.82) is 0 Å². The van der Waals surface area contributed by atoms with Gasteiger partial charge in [0.05, 0.1) is 22.1 Å². The summed E-state index contributed by atoms with van der Waals surface area (Å²) >= 11 is 0. The van der Waals surface area contributed by atoms with Crippen LogP contribution in [-0.4, -0.2) is 14.1 Å². The number of para-hydroxylation sites is 3. The second kappa shape index (κ2) is 7.84. The maximum atomic E-state index is 6.59. The summed E-state index contributed by atoms with van der Waals surface area (Å²) in [4.78, 5) is 4.89. The van der Waals surface area contributed by atoms with E-state index in [0.717, 1.165) is 44.5 Å². The molecule has 0 aliphatic rings. The first-order valence-corrected chi connectivity index (χ1v) is 13.6. The largest absolute Gasteiger partial charge is 0.452 e. The molecule has 0 bridgehead atoms. The SMILES string of the molecule is Cc1ccc2c3ccccc3n(-c3nccc4c3oc3ccc(-n5c6ccccc6c6ccccc65)cc34)c2c1. The van der Waals surface area contributed by atoms with Crippen LogP contribution in [-0.2, 0) is 0 Å². The van der Waals surface area contributed by atoms with Crippen LogP contribution in [0.2, 0.25) is 0 Å². The van der Waals surface area contributed by atoms with Crippen LogP contribution in [0.4, 0.5) is 0 Å². The number of fused-ring (bicyclic) bond motifs is 9. The van der Waals surface area contributed by atoms with Crippen LogP contribution in [0.1, 0.15) is 5.56 Å². The van der Waals surface area contributed by atoms with E-state index in [-0.39, 0.29) is 0 Å². The average Bonchev–Trinajstić information content (AvgIpc) is 3.64. The van der Waals surface area contributed by atoms with Gasteiger partial charge in [0, 0.05) is 44.2 Å². The summed E-state index contributed by atoms with van der Waals surface area (Å²) in [5, 5.41) is 7.06. The van der Waals surface area contributed by atoms with Gasteiger partial charge in [0.15, 0.2) is 11.4 Å². The minimum Gasteiger partial charge on any atom is -0.452 e. The summed E-state index contributed by atoms with van der Waals surface area (Å²) in [6.45, 7) is 2.13. The maximum Gasteiger partial charge on any atom is 0.181 e. The fourth-order valence-electron chi connectivity index (χ4n) is 6.49. The molecule has 40 heavy (non-hydrogen) atoms. The molecular weight excluding hydrogens is 490 g/mol. The van der Waals surface area contributed by atoms with Crippen LogP contribution in [0.15, 0.2) is 126 Å². The van der Waals surface area contributed by atoms with Crippen molar-refractivity contribution >= 4 is 65.6 Å². The average molecular weight is 514 g/mol. The molecule has 0 aliphatic carbocycles. The van der Waals surface area contributed by atoms with E-state index in [1.165, 1.54) is 38.1 Å². The highest BCUT2D eigenvalue weighted by Crippen LogP contribution is 2.39. The summed E-state index contributed by atoms with van der Waals surface area (Å²) in [6, 6.07) is 40.9. The highest BCUT2D eigenvalue weighted by Gasteiger charge is 2.19. The molecule has 0 unspecified atom stereocenters. The second-order valence-electron chi connectivity index (χ2n) is 10.5. The molecule has 0 saturated carbocycles. The quantitative estimate of drug-likeness (QED) is 0.231. The number of pyridine rings is 1. The molecule has 0 aliphatic heterocycles. The molecule has 4 heteroatoms. The molecule has 188 valence electrons. The highest BCUT2D eigenvalue weighted by molar-refractivity contribution is 6.13. The monoisotopic (exact) mass is 513 g/mol. The molecule has 9 rings (SSSR count). The normalized spacial score (nSPS) is 12.1. The zero-order chi connectivity index (χ0) is 26.4. The lowest BCUT2D eigenvalue weighted by atomic mass is 10.1. The summed E-state index contributed by atoms with van der Waals surface area (Å²) in [5.41, 5.74) is 8.61. The van der Waals surface area contributed by atoms with Crippen molar-refractivity contribution in [3.63, 3.8) is 0 Å². The molecule has 0 spiro atoms. The minimum atomic E-state index is 0.793. The van der Waals surface area contributed by atoms with E-state index in [1.807, 2.05) is 6.20 Å². The van der Waals surface area contributed by atoms with Gasteiger partial charge in [0.25, 0.3) is 0 Å². The predicted octanol–water partition coefficient (Wildman–Crippen LogP) is 9.48. The lowest BCUT2D eigenvalue weighted by Crippen LogP contribution is -1.97. The lowest BCUT2D eigenvalue weighted by Gasteiger charge is -2.08. The van der Waals surface area contributed by atoms with Crippen molar-refractivity contribution in [1.82, 2.24) is 14.1 Å². The molecule has 0 N–H and O–H groups in total. The van der Waals surface area contributed by atoms with E-state index in [2.05, 4.69) is 131 Å². The number of furan rings is 1. The van der Waals surface area contributed by atoms with E-state index >= 15 is 0 Å². The number of rotatable bonds is 2. The first-order chi connectivity index (χ1) is 19.8. The molecule has 0 atom stereocenters. The third-order valence-electron chi connectivity index (χ3n) is 8.23. The Morgan fingerprint density at radius 2 is 1.15 bits per heavy atom. The maximum absolute atomic E-state index is 6.59. The number of benzene rings is 5. The smallest absolute Gasteiger partial charge is 0.181 e. The Morgan fingerprint density at radius 3 is 1.85 bits per heavy atom. The lowest BCUT2D eigenvalue weighted by molar-refractivity contribution is 0.663. The van der Waals surface area contributed by atoms with Crippen molar-refractivity contribution in [2.24, 2.45) is 0 Å². The van der Waals surface area contributed by atoms with Gasteiger partial charge in [-0.3, -0.25) is 4.57 Å². The van der Waals surface area contributed by atoms with Gasteiger partial charge in [0.1, 0.15) is 5.58 Å². The van der Waals surface area contributed by atoms with Gasteiger partial charge in [-0.1, -0.05) is 66.7 Å². The van der Waals surface area contributed by atoms with Crippen LogP contribution in [0.3, 0.4) is 0 Å². The molecule has 0 radical (unpaired) electrons. The fourth-order valence-corrected chi connectivity index (χ4v) is 6.49. The number of hydrogen-bond donors (Lipinski definition) is 0. The van der Waals surface area contributed by atoms with Gasteiger partial charge in [0.2, 0.25) is 0 Å². The molecule has 4 nitrogen and oxygen atoms in total. The first-order valence-electron chi connectivity index (χ1n) is 13.6. The minimum absolute atomic E-state index is 0.793. The second-order valence-corrected chi connectivity index (χ2v) is 10.5. The van der Waals surface area contributed by atoms with Gasteiger partial charge in [-0.2, -0.15) is 0 Å². The van der Waals surface area contributed by atoms with Gasteiger partial charge < -0.3 is 8.98 Å². The fraction of sp³-hybridized carbons (Fsp3) is 0.0278. The standard InChI is InChI=1S/C36H23N3O/c1-22-14-16-27-26-10-4-7-13-32(26)39(33(27)20-22)36-35-28(18-19-37-36)29-21-23(15-17-34(29)40-35)38-30-11-5-2-8-24(30)25-9-3-6-12-31(25)38/h2-21H,1H3. The zero-order valence-electron chi connectivity index (χ0n) is 21.8. The summed E-state index contributed by atoms with van der Waals surface area (Å²) in [6.07, 6.45) is 1.90. The summed E-state index contributed by atoms with van der Waals surface area (Å²) in [7, 11) is 0. The Kier molecular flexibility index (Phi) is 4.23. The van der Waals surface area contributed by atoms with E-state index < -0.39 is 0 Å². The molecule has 0 saturated heterocycles. The van der Waals surface area contributed by atoms with Crippen molar-refractivity contribution < 1.29 is 4.42 Å². The molecular formula is C36H23N3O. The van der Waals surface area contributed by atoms with Crippen LogP contribution in [0.25, 0.3) is 77.1 Å². The molecule has 4 aromatic heterocycles. The van der Waals surface area contributed by atoms with E-state index in [9.17, 15) is 0 Å². The Hall–Kier alpha value is -5.35. The van der Waals surface area contributed by atoms with Gasteiger partial charge in [-0.15, -0.1) is 0 Å². The van der Waals surface area contributed by atoms with Crippen LogP contribution in [0, 0.1) is 6.92 Å². The number of nitrogens with zero attached hydrogens (tertiary/aromatic N) is 3. The zero-order valence-corrected chi connectivity index (χ0v) is 21.8. The van der Waals surface area contributed by atoms with Gasteiger partial charge in [-0.05, 0) is 61.0 Å². The van der Waals surface area contributed by atoms with E-state index in [1.54, 1.807) is 0 Å². The third kappa shape index (κ3) is 2.82. The Balaban J connectivity index is 1.35. The molecule has 4 heterocycles. The third-order valence-corrected chi connectivity index (χ3v) is 8.23. The number of aromatic nitrogens is 3. The highest BCUT2D eigenvalue weighted by atomic mass is 16.3. The van der Waals surface area contributed by atoms with Crippen molar-refractivity contribution in [3.8, 4) is 11.5 Å². The van der Waals surface area contributed by atoms with Crippen molar-refractivity contribution in [3.05, 3.63) is 127 Å². The Labute approximate surface area is 229 Å². The molecule has 0 amide bonds. The number of hydrogen-bond acceptors (Lipinski definition) is 2. The summed E-state index contributed by atoms with van der Waals surface area (Å²) < 4.78 is 11.2. The van der Waals surface area contributed by atoms with Crippen LogP contribution < -0.4 is 0 Å². The number of aryl methyl sites for hydroxylation is 1. The Morgan fingerprint density at radius 1 is 0.525 bits per heavy atom. The van der Waals surface area contributed by atoms with Crippen molar-refractivity contribution in [2.45, 2.75) is 6.92 Å². The van der Waals surface area contributed by atoms with Gasteiger partial charge in [-0.25, -0.2) is 4.98 Å². The topological polar surface area (TPSA) is 35.9 Å². The Bertz CT molecular complexity index is 2400. The molecule has 5 aromatic carbocycles. The van der Waals surface area contributed by atoms with Crippen LogP contribution >= 0.6 is 0 Å². The molecule has 9 aromatic rings. The van der Waals surface area contributed by atoms with Gasteiger partial charge >= 0.3 is 0 Å². The summed E-state index contributed by atoms with van der Waals surface area (Å²) in [5.74, 6) is 0.809. The van der Waals surface area contributed by atoms with Crippen molar-refractivity contribution in [2.75, 3.05) is 0 Å².